The highest BCUT2D eigenvalue weighted by Crippen LogP contribution is 2.26. The topological polar surface area (TPSA) is 68.3 Å². The predicted octanol–water partition coefficient (Wildman–Crippen LogP) is 3.57. The van der Waals surface area contributed by atoms with Crippen molar-refractivity contribution in [2.75, 3.05) is 0 Å². The number of ketones is 1. The van der Waals surface area contributed by atoms with E-state index in [0.717, 1.165) is 5.01 Å². The molecular weight excluding hydrogens is 276 g/mol. The van der Waals surface area contributed by atoms with E-state index in [0.29, 0.717) is 4.88 Å². The number of thiazole rings is 1. The van der Waals surface area contributed by atoms with Crippen molar-refractivity contribution in [1.82, 2.24) is 10.3 Å². The van der Waals surface area contributed by atoms with E-state index in [9.17, 15) is 9.59 Å². The molecule has 1 N–H and O–H groups in total. The number of ether oxygens (including phenoxy) is 1. The lowest BCUT2D eigenvalue weighted by atomic mass is 10.1. The molecule has 0 saturated carbocycles. The Labute approximate surface area is 123 Å². The summed E-state index contributed by atoms with van der Waals surface area (Å²) in [5.41, 5.74) is -0.543. The fourth-order valence-corrected chi connectivity index (χ4v) is 2.58. The van der Waals surface area contributed by atoms with Crippen LogP contribution in [0.25, 0.3) is 0 Å². The summed E-state index contributed by atoms with van der Waals surface area (Å²) in [7, 11) is 0. The monoisotopic (exact) mass is 298 g/mol. The Morgan fingerprint density at radius 3 is 2.35 bits per heavy atom. The predicted molar refractivity (Wildman–Crippen MR) is 79.1 cm³/mol. The number of hydrogen-bond donors (Lipinski definition) is 1. The number of rotatable bonds is 4. The van der Waals surface area contributed by atoms with Crippen LogP contribution in [-0.4, -0.2) is 22.5 Å². The van der Waals surface area contributed by atoms with Gasteiger partial charge >= 0.3 is 6.09 Å². The van der Waals surface area contributed by atoms with Crippen LogP contribution in [0, 0.1) is 5.92 Å². The van der Waals surface area contributed by atoms with E-state index >= 15 is 0 Å². The van der Waals surface area contributed by atoms with Crippen molar-refractivity contribution in [3.05, 3.63) is 16.1 Å². The Morgan fingerprint density at radius 1 is 1.35 bits per heavy atom. The van der Waals surface area contributed by atoms with Crippen LogP contribution in [0.4, 0.5) is 4.79 Å². The van der Waals surface area contributed by atoms with E-state index < -0.39 is 11.7 Å². The number of nitrogens with zero attached hydrogens (tertiary/aromatic N) is 1. The normalized spacial score (nSPS) is 13.2. The first-order valence-corrected chi connectivity index (χ1v) is 7.38. The number of hydrogen-bond acceptors (Lipinski definition) is 5. The highest BCUT2D eigenvalue weighted by Gasteiger charge is 2.25. The second-order valence-electron chi connectivity index (χ2n) is 5.99. The van der Waals surface area contributed by atoms with Gasteiger partial charge in [0.25, 0.3) is 0 Å². The van der Waals surface area contributed by atoms with Gasteiger partial charge in [0.05, 0.1) is 10.9 Å². The molecule has 0 aromatic carbocycles. The van der Waals surface area contributed by atoms with Crippen molar-refractivity contribution in [2.45, 2.75) is 53.2 Å². The van der Waals surface area contributed by atoms with Gasteiger partial charge in [0.15, 0.2) is 5.78 Å². The lowest BCUT2D eigenvalue weighted by molar-refractivity contribution is 0.0489. The van der Waals surface area contributed by atoms with Crippen molar-refractivity contribution in [1.29, 1.82) is 0 Å². The summed E-state index contributed by atoms with van der Waals surface area (Å²) < 4.78 is 5.25. The molecule has 5 nitrogen and oxygen atoms in total. The Bertz CT molecular complexity index is 489. The first kappa shape index (κ1) is 16.6. The molecule has 1 aromatic heterocycles. The van der Waals surface area contributed by atoms with E-state index in [-0.39, 0.29) is 17.7 Å². The molecule has 1 amide bonds. The molecule has 1 unspecified atom stereocenters. The lowest BCUT2D eigenvalue weighted by Crippen LogP contribution is -2.36. The summed E-state index contributed by atoms with van der Waals surface area (Å²) in [6.07, 6.45) is 1.07. The van der Waals surface area contributed by atoms with Crippen LogP contribution in [0.15, 0.2) is 6.20 Å². The maximum atomic E-state index is 11.9. The van der Waals surface area contributed by atoms with Crippen molar-refractivity contribution in [2.24, 2.45) is 5.92 Å². The number of carbonyl (C=O) groups is 2. The number of aromatic nitrogens is 1. The lowest BCUT2D eigenvalue weighted by Gasteiger charge is -2.24. The minimum atomic E-state index is -0.543. The number of carbonyl (C=O) groups excluding carboxylic acids is 2. The Kier molecular flexibility index (Phi) is 5.28. The van der Waals surface area contributed by atoms with Gasteiger partial charge in [-0.15, -0.1) is 11.3 Å². The molecule has 6 heteroatoms. The number of amides is 1. The van der Waals surface area contributed by atoms with Crippen LogP contribution >= 0.6 is 11.3 Å². The summed E-state index contributed by atoms with van der Waals surface area (Å²) in [4.78, 5) is 28.0. The molecule has 0 aliphatic heterocycles. The summed E-state index contributed by atoms with van der Waals surface area (Å²) in [5.74, 6) is 0.127. The third-order valence-electron chi connectivity index (χ3n) is 2.48. The molecule has 0 spiro atoms. The Balaban J connectivity index is 2.84. The van der Waals surface area contributed by atoms with Gasteiger partial charge in [0.2, 0.25) is 0 Å². The smallest absolute Gasteiger partial charge is 0.408 e. The molecule has 0 radical (unpaired) electrons. The van der Waals surface area contributed by atoms with Gasteiger partial charge in [-0.25, -0.2) is 9.78 Å². The largest absolute Gasteiger partial charge is 0.444 e. The summed E-state index contributed by atoms with van der Waals surface area (Å²) >= 11 is 1.31. The summed E-state index contributed by atoms with van der Waals surface area (Å²) in [6.45, 7) is 10.9. The highest BCUT2D eigenvalue weighted by molar-refractivity contribution is 7.13. The van der Waals surface area contributed by atoms with Crippen LogP contribution in [0.5, 0.6) is 0 Å². The number of nitrogens with one attached hydrogen (secondary N) is 1. The van der Waals surface area contributed by atoms with Gasteiger partial charge in [-0.3, -0.25) is 4.79 Å². The van der Waals surface area contributed by atoms with Crippen LogP contribution in [0.2, 0.25) is 0 Å². The number of alkyl carbamates (subject to hydrolysis) is 1. The average molecular weight is 298 g/mol. The fraction of sp³-hybridized carbons (Fsp3) is 0.643. The third kappa shape index (κ3) is 4.92. The van der Waals surface area contributed by atoms with E-state index in [1.165, 1.54) is 18.3 Å². The maximum absolute atomic E-state index is 11.9. The van der Waals surface area contributed by atoms with Gasteiger partial charge in [-0.1, -0.05) is 13.8 Å². The summed E-state index contributed by atoms with van der Waals surface area (Å²) in [6, 6.07) is -0.261. The zero-order valence-corrected chi connectivity index (χ0v) is 13.6. The molecule has 20 heavy (non-hydrogen) atoms. The van der Waals surface area contributed by atoms with Crippen molar-refractivity contribution in [3.8, 4) is 0 Å². The molecule has 0 aliphatic carbocycles. The first-order valence-electron chi connectivity index (χ1n) is 6.56. The molecule has 0 aliphatic rings. The van der Waals surface area contributed by atoms with Crippen molar-refractivity contribution in [3.63, 3.8) is 0 Å². The van der Waals surface area contributed by atoms with Gasteiger partial charge in [0.1, 0.15) is 10.6 Å². The van der Waals surface area contributed by atoms with Crippen LogP contribution in [0.3, 0.4) is 0 Å². The third-order valence-corrected chi connectivity index (χ3v) is 3.66. The molecule has 112 valence electrons. The second kappa shape index (κ2) is 6.35. The fourth-order valence-electron chi connectivity index (χ4n) is 1.54. The maximum Gasteiger partial charge on any atom is 0.408 e. The minimum Gasteiger partial charge on any atom is -0.444 e. The van der Waals surface area contributed by atoms with Crippen molar-refractivity contribution >= 4 is 23.2 Å². The molecule has 0 saturated heterocycles. The van der Waals surface area contributed by atoms with Crippen molar-refractivity contribution < 1.29 is 14.3 Å². The molecule has 0 bridgehead atoms. The number of Topliss-reactive ketones (excluding diaryl/α,β-unsaturated/α-hetero) is 1. The van der Waals surface area contributed by atoms with E-state index in [1.54, 1.807) is 6.20 Å². The van der Waals surface area contributed by atoms with Gasteiger partial charge in [-0.05, 0) is 26.7 Å². The van der Waals surface area contributed by atoms with Gasteiger partial charge < -0.3 is 10.1 Å². The molecule has 1 atom stereocenters. The van der Waals surface area contributed by atoms with E-state index in [2.05, 4.69) is 10.3 Å². The highest BCUT2D eigenvalue weighted by atomic mass is 32.1. The van der Waals surface area contributed by atoms with Crippen LogP contribution in [0.1, 0.15) is 62.3 Å². The van der Waals surface area contributed by atoms with Crippen LogP contribution < -0.4 is 5.32 Å². The zero-order valence-electron chi connectivity index (χ0n) is 12.8. The molecular formula is C14H22N2O3S. The standard InChI is InChI=1S/C14H22N2O3S/c1-8(2)11(16-13(18)19-14(4,5)6)12-15-7-10(20-12)9(3)17/h7-8,11H,1-6H3,(H,16,18). The van der Waals surface area contributed by atoms with Gasteiger partial charge in [0, 0.05) is 13.1 Å². The minimum absolute atomic E-state index is 0.0199. The molecule has 0 fully saturated rings. The molecule has 1 rings (SSSR count). The quantitative estimate of drug-likeness (QED) is 0.863. The molecule has 1 heterocycles. The van der Waals surface area contributed by atoms with E-state index in [1.807, 2.05) is 34.6 Å². The van der Waals surface area contributed by atoms with Gasteiger partial charge in [-0.2, -0.15) is 0 Å². The zero-order chi connectivity index (χ0) is 15.5. The Hall–Kier alpha value is -1.43. The Morgan fingerprint density at radius 2 is 1.95 bits per heavy atom. The van der Waals surface area contributed by atoms with Crippen LogP contribution in [-0.2, 0) is 4.74 Å². The second-order valence-corrected chi connectivity index (χ2v) is 7.05. The average Bonchev–Trinajstić information content (AvgIpc) is 2.71. The van der Waals surface area contributed by atoms with E-state index in [4.69, 9.17) is 4.74 Å². The first-order chi connectivity index (χ1) is 9.10. The molecule has 1 aromatic rings. The summed E-state index contributed by atoms with van der Waals surface area (Å²) in [5, 5.41) is 3.54. The SMILES string of the molecule is CC(=O)c1cnc(C(NC(=O)OC(C)(C)C)C(C)C)s1.